The van der Waals surface area contributed by atoms with E-state index in [0.29, 0.717) is 38.5 Å². The van der Waals surface area contributed by atoms with E-state index < -0.39 is 139 Å². The highest BCUT2D eigenvalue weighted by molar-refractivity contribution is 7.95. The van der Waals surface area contributed by atoms with Crippen molar-refractivity contribution in [2.75, 3.05) is 55.7 Å². The van der Waals surface area contributed by atoms with Crippen molar-refractivity contribution < 1.29 is 83.0 Å². The van der Waals surface area contributed by atoms with Crippen molar-refractivity contribution in [1.29, 1.82) is 0 Å². The van der Waals surface area contributed by atoms with Gasteiger partial charge in [-0.05, 0) is 128 Å². The van der Waals surface area contributed by atoms with Gasteiger partial charge in [-0.1, -0.05) is 62.4 Å². The second-order valence-corrected chi connectivity index (χ2v) is 33.4. The molecule has 98 heavy (non-hydrogen) atoms. The van der Waals surface area contributed by atoms with Crippen LogP contribution in [0.2, 0.25) is 0 Å². The van der Waals surface area contributed by atoms with Crippen molar-refractivity contribution in [3.8, 4) is 0 Å². The summed E-state index contributed by atoms with van der Waals surface area (Å²) in [5.74, 6) is -3.30. The normalized spacial score (nSPS) is 39.8. The van der Waals surface area contributed by atoms with Crippen LogP contribution < -0.4 is 63.8 Å². The molecule has 0 bridgehead atoms. The first-order chi connectivity index (χ1) is 47.3. The Balaban J connectivity index is 0.877. The predicted molar refractivity (Wildman–Crippen MR) is 361 cm³/mol. The van der Waals surface area contributed by atoms with E-state index in [4.69, 9.17) is 66.8 Å². The molecule has 9 aliphatic rings. The topological polar surface area (TPSA) is 429 Å². The zero-order chi connectivity index (χ0) is 69.9. The second kappa shape index (κ2) is 39.3. The smallest absolute Gasteiger partial charge is 0.310 e. The number of hydrogen-bond donors (Lipinski definition) is 14. The summed E-state index contributed by atoms with van der Waals surface area (Å²) in [6.07, 6.45) is 9.46. The molecule has 2 heterocycles. The average Bonchev–Trinajstić information content (AvgIpc) is 0.761. The Morgan fingerprint density at radius 2 is 0.847 bits per heavy atom. The number of aliphatic hydroxyl groups is 2. The van der Waals surface area contributed by atoms with Crippen molar-refractivity contribution in [2.24, 2.45) is 56.0 Å². The minimum atomic E-state index is -4.02. The molecule has 24 unspecified atom stereocenters. The number of nitrogens with one attached hydrogen (secondary N) is 12. The molecule has 0 aromatic carbocycles. The third-order valence-corrected chi connectivity index (χ3v) is 26.6. The molecular formula is C60H112N16O18S4. The van der Waals surface area contributed by atoms with Gasteiger partial charge in [0.15, 0.2) is 0 Å². The average molecular weight is 1470 g/mol. The van der Waals surface area contributed by atoms with Gasteiger partial charge in [-0.3, -0.25) is 81.8 Å². The van der Waals surface area contributed by atoms with E-state index >= 15 is 0 Å². The summed E-state index contributed by atoms with van der Waals surface area (Å²) < 4.78 is 86.1. The number of azo groups is 2. The highest BCUT2D eigenvalue weighted by atomic mass is 32.2. The molecule has 24 atom stereocenters. The van der Waals surface area contributed by atoms with E-state index in [1.807, 2.05) is 0 Å². The van der Waals surface area contributed by atoms with Gasteiger partial charge in [0.1, 0.15) is 49.8 Å². The fraction of sp³-hybridized carbons (Fsp3) is 0.967. The van der Waals surface area contributed by atoms with Gasteiger partial charge < -0.3 is 19.7 Å². The van der Waals surface area contributed by atoms with Crippen LogP contribution in [0.1, 0.15) is 155 Å². The van der Waals surface area contributed by atoms with Crippen molar-refractivity contribution in [3.05, 3.63) is 0 Å². The van der Waals surface area contributed by atoms with E-state index in [0.717, 1.165) is 114 Å². The number of unbranched alkanes of at least 4 members (excludes halogenated alkanes) is 2. The van der Waals surface area contributed by atoms with Gasteiger partial charge in [-0.25, -0.2) is 9.78 Å². The maximum atomic E-state index is 13.7. The van der Waals surface area contributed by atoms with Crippen LogP contribution in [0.5, 0.6) is 0 Å². The number of esters is 2. The van der Waals surface area contributed by atoms with E-state index in [1.165, 1.54) is 42.7 Å². The first kappa shape index (κ1) is 80.0. The lowest BCUT2D eigenvalue weighted by molar-refractivity contribution is -0.447. The van der Waals surface area contributed by atoms with Gasteiger partial charge in [0.2, 0.25) is 0 Å². The lowest BCUT2D eigenvalue weighted by atomic mass is 9.65. The maximum Gasteiger partial charge on any atom is 0.310 e. The molecule has 0 amide bonds. The molecule has 7 saturated carbocycles. The number of rotatable bonds is 34. The number of methoxy groups -OCH3 is 2. The van der Waals surface area contributed by atoms with Gasteiger partial charge in [0.25, 0.3) is 20.2 Å². The summed E-state index contributed by atoms with van der Waals surface area (Å²) in [4.78, 5) is 35.2. The van der Waals surface area contributed by atoms with Gasteiger partial charge in [0, 0.05) is 60.1 Å². The van der Waals surface area contributed by atoms with E-state index in [9.17, 15) is 36.6 Å². The Bertz CT molecular complexity index is 2550. The zero-order valence-electron chi connectivity index (χ0n) is 57.8. The van der Waals surface area contributed by atoms with Crippen LogP contribution >= 0.6 is 24.1 Å². The maximum absolute atomic E-state index is 13.7. The number of carbonyl (C=O) groups excluding carboxylic acids is 2. The number of fused-ring (bicyclic) bond motifs is 2. The minimum Gasteiger partial charge on any atom is -0.469 e. The highest BCUT2D eigenvalue weighted by Gasteiger charge is 2.56. The molecule has 2 aliphatic heterocycles. The van der Waals surface area contributed by atoms with E-state index in [2.05, 4.69) is 77.6 Å². The molecule has 38 heteroatoms. The van der Waals surface area contributed by atoms with Crippen molar-refractivity contribution in [1.82, 2.24) is 63.8 Å². The molecule has 0 aromatic rings. The number of nitrogens with zero attached hydrogens (tertiary/aromatic N) is 4. The van der Waals surface area contributed by atoms with Crippen LogP contribution in [-0.2, 0) is 76.2 Å². The molecule has 0 radical (unpaired) electrons. The lowest BCUT2D eigenvalue weighted by Crippen LogP contribution is -2.79. The second-order valence-electron chi connectivity index (χ2n) is 27.6. The molecule has 9 fully saturated rings. The lowest BCUT2D eigenvalue weighted by Gasteiger charge is -2.51. The Hall–Kier alpha value is -2.14. The number of aliphatic hydroxyl groups excluding tert-OH is 2. The van der Waals surface area contributed by atoms with Crippen LogP contribution in [0.3, 0.4) is 0 Å². The molecule has 0 spiro atoms. The van der Waals surface area contributed by atoms with Gasteiger partial charge in [-0.2, -0.15) is 37.3 Å². The molecular weight excluding hydrogens is 1360 g/mol. The Morgan fingerprint density at radius 1 is 0.480 bits per heavy atom. The van der Waals surface area contributed by atoms with Crippen LogP contribution in [-0.4, -0.2) is 214 Å². The van der Waals surface area contributed by atoms with Crippen LogP contribution in [0, 0.1) is 35.5 Å². The van der Waals surface area contributed by atoms with Crippen molar-refractivity contribution in [2.45, 2.75) is 274 Å². The number of hydrogen-bond acceptors (Lipinski definition) is 36. The quantitative estimate of drug-likeness (QED) is 0.00831. The third kappa shape index (κ3) is 21.5. The first-order valence-electron chi connectivity index (χ1n) is 35.4. The number of ether oxygens (including phenoxy) is 2. The van der Waals surface area contributed by atoms with Crippen LogP contribution in [0.15, 0.2) is 20.5 Å². The molecule has 7 aliphatic carbocycles. The predicted octanol–water partition coefficient (Wildman–Crippen LogP) is 1.87. The fourth-order valence-corrected chi connectivity index (χ4v) is 20.6. The monoisotopic (exact) mass is 1470 g/mol. The third-order valence-electron chi connectivity index (χ3n) is 21.5. The van der Waals surface area contributed by atoms with E-state index in [-0.39, 0.29) is 74.1 Å². The van der Waals surface area contributed by atoms with Crippen molar-refractivity contribution in [3.63, 3.8) is 0 Å². The van der Waals surface area contributed by atoms with Crippen LogP contribution in [0.4, 0.5) is 0 Å². The summed E-state index contributed by atoms with van der Waals surface area (Å²) in [6.45, 7) is 5.70. The molecule has 0 aromatic heterocycles. The fourth-order valence-electron chi connectivity index (χ4n) is 16.6. The Kier molecular flexibility index (Phi) is 32.1. The summed E-state index contributed by atoms with van der Waals surface area (Å²) in [6, 6.07) is -3.51. The first-order valence-corrected chi connectivity index (χ1v) is 39.9. The standard InChI is InChI=1S/C60H112N16O18S4/c1-9-11-25-61-55-67-57(71-59(69-55)65-43-31-37(97(81,82)89-7)27-33-29-45(95-93-91-87-5)49(51(77)47(33)43)75-73-41-19-15-13-17-39(41)53(79)85-3)63-35-21-23-36(24-22-35)64-58-68-56(62-26-12-10-2)70-60(72-58)66-44-32-38(98(83,84)90-8)28-34-30-46(96-94-92-88-6)50(52(78)48(34)44)76-74-42-20-16-14-18-40(42)54(80)86-4/h33-52,55-72,77-78H,9-32H2,1-8H3. The summed E-state index contributed by atoms with van der Waals surface area (Å²) >= 11 is 1.85. The molecule has 9 rings (SSSR count). The van der Waals surface area contributed by atoms with Gasteiger partial charge in [0.05, 0.1) is 99.8 Å². The largest absolute Gasteiger partial charge is 0.469 e. The van der Waals surface area contributed by atoms with Gasteiger partial charge in [-0.15, -0.1) is 8.67 Å². The van der Waals surface area contributed by atoms with Gasteiger partial charge >= 0.3 is 11.9 Å². The molecule has 2 saturated heterocycles. The Labute approximate surface area is 586 Å². The number of carbonyl (C=O) groups is 2. The molecule has 564 valence electrons. The minimum absolute atomic E-state index is 0.0815. The summed E-state index contributed by atoms with van der Waals surface area (Å²) in [5.41, 5.74) is 0. The van der Waals surface area contributed by atoms with E-state index in [1.54, 1.807) is 0 Å². The highest BCUT2D eigenvalue weighted by Crippen LogP contribution is 2.50. The summed E-state index contributed by atoms with van der Waals surface area (Å²) in [5, 5.41) is 95.4. The molecule has 14 N–H and O–H groups in total. The van der Waals surface area contributed by atoms with Crippen molar-refractivity contribution >= 4 is 56.3 Å². The Morgan fingerprint density at radius 3 is 1.20 bits per heavy atom. The summed E-state index contributed by atoms with van der Waals surface area (Å²) in [7, 11) is -0.349. The SMILES string of the molecule is CCCCNC1NC(NC2CCC(NC3NC(NCCCC)NC(NC4CC(S(=O)(=O)OC)CC5CC(SOOOC)C(N=NC6CCCCC6C(=O)OC)C(O)C54)N3)CC2)NC(NC2CC(S(=O)(=O)OC)CC3CC(SOOOC)C(N=NC4CCCCC4C(=O)OC)C(O)C32)N1. The zero-order valence-corrected chi connectivity index (χ0v) is 61.1. The molecule has 34 nitrogen and oxygen atoms in total. The van der Waals surface area contributed by atoms with Crippen LogP contribution in [0.25, 0.3) is 0 Å².